The Hall–Kier alpha value is -0.870. The number of rotatable bonds is 3. The first-order valence-corrected chi connectivity index (χ1v) is 6.09. The minimum absolute atomic E-state index is 0.602. The highest BCUT2D eigenvalue weighted by atomic mass is 15.2. The zero-order chi connectivity index (χ0) is 11.5. The van der Waals surface area contributed by atoms with Crippen molar-refractivity contribution in [1.82, 2.24) is 19.8 Å². The number of imidazole rings is 1. The van der Waals surface area contributed by atoms with Crippen LogP contribution in [0.4, 0.5) is 0 Å². The summed E-state index contributed by atoms with van der Waals surface area (Å²) in [4.78, 5) is 6.89. The molecule has 0 amide bonds. The fourth-order valence-electron chi connectivity index (χ4n) is 2.52. The van der Waals surface area contributed by atoms with Crippen molar-refractivity contribution < 1.29 is 0 Å². The predicted molar refractivity (Wildman–Crippen MR) is 65.4 cm³/mol. The van der Waals surface area contributed by atoms with E-state index >= 15 is 0 Å². The van der Waals surface area contributed by atoms with Crippen LogP contribution in [0, 0.1) is 0 Å². The molecule has 0 bridgehead atoms. The number of nitrogens with one attached hydrogen (secondary N) is 1. The summed E-state index contributed by atoms with van der Waals surface area (Å²) in [6, 6.07) is 1.20. The minimum Gasteiger partial charge on any atom is -0.338 e. The van der Waals surface area contributed by atoms with Gasteiger partial charge >= 0.3 is 0 Å². The van der Waals surface area contributed by atoms with E-state index in [-0.39, 0.29) is 0 Å². The zero-order valence-corrected chi connectivity index (χ0v) is 10.5. The van der Waals surface area contributed by atoms with Gasteiger partial charge in [-0.1, -0.05) is 0 Å². The highest BCUT2D eigenvalue weighted by molar-refractivity contribution is 4.92. The Kier molecular flexibility index (Phi) is 3.61. The Labute approximate surface area is 97.7 Å². The quantitative estimate of drug-likeness (QED) is 0.815. The van der Waals surface area contributed by atoms with Gasteiger partial charge in [-0.25, -0.2) is 4.98 Å². The Bertz CT molecular complexity index is 324. The molecule has 16 heavy (non-hydrogen) atoms. The summed E-state index contributed by atoms with van der Waals surface area (Å²) in [5.41, 5.74) is 0. The third kappa shape index (κ3) is 2.83. The maximum atomic E-state index is 4.36. The average Bonchev–Trinajstić information content (AvgIpc) is 2.59. The molecule has 0 radical (unpaired) electrons. The van der Waals surface area contributed by atoms with Gasteiger partial charge in [-0.05, 0) is 13.8 Å². The first kappa shape index (κ1) is 11.6. The Morgan fingerprint density at radius 1 is 1.38 bits per heavy atom. The third-order valence-electron chi connectivity index (χ3n) is 3.21. The summed E-state index contributed by atoms with van der Waals surface area (Å²) in [5, 5.41) is 3.55. The number of aromatic nitrogens is 2. The number of piperazine rings is 1. The molecule has 4 heteroatoms. The van der Waals surface area contributed by atoms with E-state index in [4.69, 9.17) is 0 Å². The van der Waals surface area contributed by atoms with Gasteiger partial charge in [0.05, 0.1) is 0 Å². The molecule has 90 valence electrons. The van der Waals surface area contributed by atoms with Gasteiger partial charge in [0.25, 0.3) is 0 Å². The SMILES string of the molecule is CC1CN(CCc2nccn2C)CC(C)N1. The maximum Gasteiger partial charge on any atom is 0.109 e. The first-order chi connectivity index (χ1) is 7.65. The van der Waals surface area contributed by atoms with E-state index in [2.05, 4.69) is 40.7 Å². The second-order valence-corrected chi connectivity index (χ2v) is 4.93. The fraction of sp³-hybridized carbons (Fsp3) is 0.750. The Morgan fingerprint density at radius 3 is 2.62 bits per heavy atom. The van der Waals surface area contributed by atoms with Crippen LogP contribution in [0.2, 0.25) is 0 Å². The van der Waals surface area contributed by atoms with Gasteiger partial charge in [-0.15, -0.1) is 0 Å². The van der Waals surface area contributed by atoms with Gasteiger partial charge in [0, 0.05) is 57.6 Å². The average molecular weight is 222 g/mol. The van der Waals surface area contributed by atoms with Gasteiger partial charge in [0.1, 0.15) is 5.82 Å². The van der Waals surface area contributed by atoms with Crippen LogP contribution in [0.15, 0.2) is 12.4 Å². The van der Waals surface area contributed by atoms with E-state index in [1.807, 2.05) is 12.4 Å². The van der Waals surface area contributed by atoms with Crippen molar-refractivity contribution in [3.8, 4) is 0 Å². The van der Waals surface area contributed by atoms with Crippen LogP contribution in [-0.4, -0.2) is 46.2 Å². The Morgan fingerprint density at radius 2 is 2.06 bits per heavy atom. The van der Waals surface area contributed by atoms with Crippen LogP contribution < -0.4 is 5.32 Å². The normalized spacial score (nSPS) is 27.2. The molecule has 0 spiro atoms. The van der Waals surface area contributed by atoms with Crippen molar-refractivity contribution in [3.05, 3.63) is 18.2 Å². The molecular weight excluding hydrogens is 200 g/mol. The van der Waals surface area contributed by atoms with Crippen molar-refractivity contribution in [2.45, 2.75) is 32.4 Å². The van der Waals surface area contributed by atoms with E-state index in [0.717, 1.165) is 26.1 Å². The van der Waals surface area contributed by atoms with E-state index in [9.17, 15) is 0 Å². The van der Waals surface area contributed by atoms with Crippen molar-refractivity contribution in [1.29, 1.82) is 0 Å². The van der Waals surface area contributed by atoms with Gasteiger partial charge < -0.3 is 9.88 Å². The number of nitrogens with zero attached hydrogens (tertiary/aromatic N) is 3. The summed E-state index contributed by atoms with van der Waals surface area (Å²) in [7, 11) is 2.06. The van der Waals surface area contributed by atoms with Crippen LogP contribution in [0.5, 0.6) is 0 Å². The summed E-state index contributed by atoms with van der Waals surface area (Å²) < 4.78 is 2.11. The lowest BCUT2D eigenvalue weighted by molar-refractivity contribution is 0.174. The standard InChI is InChI=1S/C12H22N4/c1-10-8-16(9-11(2)14-10)6-4-12-13-5-7-15(12)3/h5,7,10-11,14H,4,6,8-9H2,1-3H3. The molecule has 2 rings (SSSR count). The van der Waals surface area contributed by atoms with Gasteiger partial charge in [0.2, 0.25) is 0 Å². The molecule has 0 aromatic carbocycles. The van der Waals surface area contributed by atoms with Gasteiger partial charge in [-0.3, -0.25) is 4.90 Å². The monoisotopic (exact) mass is 222 g/mol. The molecule has 2 atom stereocenters. The zero-order valence-electron chi connectivity index (χ0n) is 10.5. The first-order valence-electron chi connectivity index (χ1n) is 6.09. The van der Waals surface area contributed by atoms with E-state index in [0.29, 0.717) is 12.1 Å². The molecule has 1 aliphatic heterocycles. The second-order valence-electron chi connectivity index (χ2n) is 4.93. The van der Waals surface area contributed by atoms with Crippen molar-refractivity contribution >= 4 is 0 Å². The lowest BCUT2D eigenvalue weighted by Gasteiger charge is -2.36. The lowest BCUT2D eigenvalue weighted by atomic mass is 10.1. The molecule has 1 aromatic rings. The topological polar surface area (TPSA) is 33.1 Å². The second kappa shape index (κ2) is 4.97. The molecule has 1 saturated heterocycles. The number of hydrogen-bond donors (Lipinski definition) is 1. The van der Waals surface area contributed by atoms with E-state index < -0.39 is 0 Å². The molecule has 1 aromatic heterocycles. The summed E-state index contributed by atoms with van der Waals surface area (Å²) in [6.07, 6.45) is 4.93. The molecule has 0 aliphatic carbocycles. The minimum atomic E-state index is 0.602. The van der Waals surface area contributed by atoms with Crippen LogP contribution >= 0.6 is 0 Å². The molecule has 2 heterocycles. The van der Waals surface area contributed by atoms with Crippen molar-refractivity contribution in [3.63, 3.8) is 0 Å². The van der Waals surface area contributed by atoms with Crippen LogP contribution in [0.1, 0.15) is 19.7 Å². The largest absolute Gasteiger partial charge is 0.338 e. The highest BCUT2D eigenvalue weighted by Crippen LogP contribution is 2.05. The predicted octanol–water partition coefficient (Wildman–Crippen LogP) is 0.645. The van der Waals surface area contributed by atoms with Crippen molar-refractivity contribution in [2.75, 3.05) is 19.6 Å². The fourth-order valence-corrected chi connectivity index (χ4v) is 2.52. The maximum absolute atomic E-state index is 4.36. The van der Waals surface area contributed by atoms with E-state index in [1.54, 1.807) is 0 Å². The molecule has 1 N–H and O–H groups in total. The third-order valence-corrected chi connectivity index (χ3v) is 3.21. The number of aryl methyl sites for hydroxylation is 1. The molecule has 4 nitrogen and oxygen atoms in total. The lowest BCUT2D eigenvalue weighted by Crippen LogP contribution is -2.54. The van der Waals surface area contributed by atoms with Crippen LogP contribution in [0.3, 0.4) is 0 Å². The number of hydrogen-bond acceptors (Lipinski definition) is 3. The molecular formula is C12H22N4. The summed E-state index contributed by atoms with van der Waals surface area (Å²) in [6.45, 7) is 7.91. The van der Waals surface area contributed by atoms with Crippen molar-refractivity contribution in [2.24, 2.45) is 7.05 Å². The van der Waals surface area contributed by atoms with E-state index in [1.165, 1.54) is 5.82 Å². The highest BCUT2D eigenvalue weighted by Gasteiger charge is 2.20. The molecule has 2 unspecified atom stereocenters. The van der Waals surface area contributed by atoms with Crippen LogP contribution in [0.25, 0.3) is 0 Å². The van der Waals surface area contributed by atoms with Gasteiger partial charge in [0.15, 0.2) is 0 Å². The summed E-state index contributed by atoms with van der Waals surface area (Å²) >= 11 is 0. The Balaban J connectivity index is 1.84. The van der Waals surface area contributed by atoms with Crippen LogP contribution in [-0.2, 0) is 13.5 Å². The molecule has 1 fully saturated rings. The molecule has 1 aliphatic rings. The summed E-state index contributed by atoms with van der Waals surface area (Å²) in [5.74, 6) is 1.18. The molecule has 0 saturated carbocycles. The smallest absolute Gasteiger partial charge is 0.109 e. The van der Waals surface area contributed by atoms with Gasteiger partial charge in [-0.2, -0.15) is 0 Å².